The first kappa shape index (κ1) is 16.9. The van der Waals surface area contributed by atoms with Gasteiger partial charge in [-0.2, -0.15) is 0 Å². The van der Waals surface area contributed by atoms with Crippen LogP contribution in [0.5, 0.6) is 0 Å². The van der Waals surface area contributed by atoms with Crippen molar-refractivity contribution in [2.24, 2.45) is 0 Å². The third-order valence-electron chi connectivity index (χ3n) is 5.47. The molecule has 26 heavy (non-hydrogen) atoms. The summed E-state index contributed by atoms with van der Waals surface area (Å²) in [6.45, 7) is 7.41. The van der Waals surface area contributed by atoms with E-state index in [2.05, 4.69) is 36.1 Å². The Morgan fingerprint density at radius 1 is 0.962 bits per heavy atom. The maximum Gasteiger partial charge on any atom is 0.289 e. The Morgan fingerprint density at radius 2 is 1.62 bits per heavy atom. The van der Waals surface area contributed by atoms with Crippen LogP contribution in [-0.4, -0.2) is 41.9 Å². The molecule has 2 heterocycles. The van der Waals surface area contributed by atoms with Crippen molar-refractivity contribution in [1.29, 1.82) is 0 Å². The molecule has 4 rings (SSSR count). The number of nitrogens with zero attached hydrogens (tertiary/aromatic N) is 2. The molecule has 134 valence electrons. The van der Waals surface area contributed by atoms with Crippen molar-refractivity contribution < 1.29 is 9.21 Å². The van der Waals surface area contributed by atoms with Crippen LogP contribution in [0.4, 0.5) is 0 Å². The molecule has 1 aromatic heterocycles. The number of hydrogen-bond donors (Lipinski definition) is 0. The highest BCUT2D eigenvalue weighted by atomic mass is 16.3. The zero-order valence-electron chi connectivity index (χ0n) is 15.3. The molecule has 0 radical (unpaired) electrons. The molecule has 4 nitrogen and oxygen atoms in total. The van der Waals surface area contributed by atoms with E-state index in [1.54, 1.807) is 0 Å². The van der Waals surface area contributed by atoms with Crippen LogP contribution in [0.15, 0.2) is 59.0 Å². The van der Waals surface area contributed by atoms with E-state index in [4.69, 9.17) is 4.42 Å². The van der Waals surface area contributed by atoms with Crippen LogP contribution in [0.2, 0.25) is 0 Å². The van der Waals surface area contributed by atoms with E-state index in [-0.39, 0.29) is 5.91 Å². The van der Waals surface area contributed by atoms with Crippen LogP contribution < -0.4 is 0 Å². The van der Waals surface area contributed by atoms with Crippen LogP contribution >= 0.6 is 0 Å². The van der Waals surface area contributed by atoms with Crippen LogP contribution in [0.25, 0.3) is 11.0 Å². The standard InChI is InChI=1S/C22H24N2O2/c1-16-19-10-6-7-11-20(19)26-21(16)22(25)24-14-12-23(13-15-24)17(2)18-8-4-3-5-9-18/h3-11,17H,12-15H2,1-2H3. The van der Waals surface area contributed by atoms with Gasteiger partial charge in [-0.1, -0.05) is 48.5 Å². The molecule has 0 spiro atoms. The monoisotopic (exact) mass is 348 g/mol. The van der Waals surface area contributed by atoms with Crippen molar-refractivity contribution in [1.82, 2.24) is 9.80 Å². The topological polar surface area (TPSA) is 36.7 Å². The Labute approximate surface area is 154 Å². The molecule has 1 atom stereocenters. The van der Waals surface area contributed by atoms with Gasteiger partial charge in [0, 0.05) is 43.2 Å². The largest absolute Gasteiger partial charge is 0.451 e. The summed E-state index contributed by atoms with van der Waals surface area (Å²) in [5.41, 5.74) is 3.04. The second-order valence-electron chi connectivity index (χ2n) is 6.97. The third kappa shape index (κ3) is 3.01. The molecule has 1 unspecified atom stereocenters. The number of rotatable bonds is 3. The number of carbonyl (C=O) groups excluding carboxylic acids is 1. The highest BCUT2D eigenvalue weighted by Gasteiger charge is 2.28. The Morgan fingerprint density at radius 3 is 2.31 bits per heavy atom. The van der Waals surface area contributed by atoms with E-state index >= 15 is 0 Å². The number of aryl methyl sites for hydroxylation is 1. The molecule has 4 heteroatoms. The molecule has 1 aliphatic rings. The fourth-order valence-electron chi connectivity index (χ4n) is 3.78. The number of hydrogen-bond acceptors (Lipinski definition) is 3. The molecule has 3 aromatic rings. The lowest BCUT2D eigenvalue weighted by molar-refractivity contribution is 0.0554. The molecule has 0 saturated carbocycles. The van der Waals surface area contributed by atoms with E-state index < -0.39 is 0 Å². The third-order valence-corrected chi connectivity index (χ3v) is 5.47. The summed E-state index contributed by atoms with van der Waals surface area (Å²) >= 11 is 0. The average molecular weight is 348 g/mol. The van der Waals surface area contributed by atoms with Gasteiger partial charge < -0.3 is 9.32 Å². The number of piperazine rings is 1. The summed E-state index contributed by atoms with van der Waals surface area (Å²) in [5, 5.41) is 1.02. The quantitative estimate of drug-likeness (QED) is 0.710. The van der Waals surface area contributed by atoms with Gasteiger partial charge >= 0.3 is 0 Å². The highest BCUT2D eigenvalue weighted by Crippen LogP contribution is 2.27. The van der Waals surface area contributed by atoms with Gasteiger partial charge in [0.15, 0.2) is 5.76 Å². The fourth-order valence-corrected chi connectivity index (χ4v) is 3.78. The number of amides is 1. The van der Waals surface area contributed by atoms with Crippen molar-refractivity contribution >= 4 is 16.9 Å². The van der Waals surface area contributed by atoms with Crippen LogP contribution in [0.3, 0.4) is 0 Å². The predicted octanol–water partition coefficient (Wildman–Crippen LogP) is 4.26. The van der Waals surface area contributed by atoms with E-state index in [0.29, 0.717) is 11.8 Å². The molecular weight excluding hydrogens is 324 g/mol. The lowest BCUT2D eigenvalue weighted by Gasteiger charge is -2.38. The van der Waals surface area contributed by atoms with Crippen molar-refractivity contribution in [3.63, 3.8) is 0 Å². The Kier molecular flexibility index (Phi) is 4.51. The maximum atomic E-state index is 13.0. The predicted molar refractivity (Wildman–Crippen MR) is 103 cm³/mol. The zero-order chi connectivity index (χ0) is 18.1. The van der Waals surface area contributed by atoms with E-state index in [9.17, 15) is 4.79 Å². The van der Waals surface area contributed by atoms with Crippen molar-refractivity contribution in [3.05, 3.63) is 71.5 Å². The minimum atomic E-state index is 0.00529. The minimum Gasteiger partial charge on any atom is -0.451 e. The van der Waals surface area contributed by atoms with E-state index in [1.165, 1.54) is 5.56 Å². The van der Waals surface area contributed by atoms with Gasteiger partial charge in [0.2, 0.25) is 0 Å². The molecule has 0 aliphatic carbocycles. The van der Waals surface area contributed by atoms with Gasteiger partial charge in [0.05, 0.1) is 0 Å². The van der Waals surface area contributed by atoms with Crippen LogP contribution in [0, 0.1) is 6.92 Å². The molecular formula is C22H24N2O2. The SMILES string of the molecule is Cc1c(C(=O)N2CCN(C(C)c3ccccc3)CC2)oc2ccccc12. The van der Waals surface area contributed by atoms with Gasteiger partial charge in [-0.3, -0.25) is 9.69 Å². The lowest BCUT2D eigenvalue weighted by Crippen LogP contribution is -2.49. The first-order valence-corrected chi connectivity index (χ1v) is 9.21. The summed E-state index contributed by atoms with van der Waals surface area (Å²) in [6.07, 6.45) is 0. The smallest absolute Gasteiger partial charge is 0.289 e. The van der Waals surface area contributed by atoms with E-state index in [1.807, 2.05) is 42.2 Å². The number of furan rings is 1. The fraction of sp³-hybridized carbons (Fsp3) is 0.318. The molecule has 2 aromatic carbocycles. The average Bonchev–Trinajstić information content (AvgIpc) is 3.04. The summed E-state index contributed by atoms with van der Waals surface area (Å²) in [7, 11) is 0. The van der Waals surface area contributed by atoms with Gasteiger partial charge in [0.25, 0.3) is 5.91 Å². The van der Waals surface area contributed by atoms with Gasteiger partial charge in [-0.05, 0) is 25.5 Å². The number of benzene rings is 2. The molecule has 1 fully saturated rings. The summed E-state index contributed by atoms with van der Waals surface area (Å²) in [6, 6.07) is 18.7. The Balaban J connectivity index is 1.46. The van der Waals surface area contributed by atoms with Crippen molar-refractivity contribution in [3.8, 4) is 0 Å². The first-order valence-electron chi connectivity index (χ1n) is 9.21. The van der Waals surface area contributed by atoms with Gasteiger partial charge in [-0.15, -0.1) is 0 Å². The Bertz CT molecular complexity index is 908. The number of para-hydroxylation sites is 1. The normalized spacial score (nSPS) is 16.8. The van der Waals surface area contributed by atoms with Crippen molar-refractivity contribution in [2.75, 3.05) is 26.2 Å². The number of carbonyl (C=O) groups is 1. The molecule has 0 N–H and O–H groups in total. The second kappa shape index (κ2) is 6.96. The zero-order valence-corrected chi connectivity index (χ0v) is 15.3. The number of fused-ring (bicyclic) bond motifs is 1. The first-order chi connectivity index (χ1) is 12.6. The molecule has 1 amide bonds. The van der Waals surface area contributed by atoms with E-state index in [0.717, 1.165) is 42.7 Å². The van der Waals surface area contributed by atoms with Crippen LogP contribution in [-0.2, 0) is 0 Å². The summed E-state index contributed by atoms with van der Waals surface area (Å²) < 4.78 is 5.85. The second-order valence-corrected chi connectivity index (χ2v) is 6.97. The lowest BCUT2D eigenvalue weighted by atomic mass is 10.1. The molecule has 0 bridgehead atoms. The highest BCUT2D eigenvalue weighted by molar-refractivity contribution is 5.98. The van der Waals surface area contributed by atoms with Gasteiger partial charge in [-0.25, -0.2) is 0 Å². The molecule has 1 aliphatic heterocycles. The van der Waals surface area contributed by atoms with Gasteiger partial charge in [0.1, 0.15) is 5.58 Å². The van der Waals surface area contributed by atoms with Crippen LogP contribution in [0.1, 0.15) is 34.6 Å². The minimum absolute atomic E-state index is 0.00529. The maximum absolute atomic E-state index is 13.0. The summed E-state index contributed by atoms with van der Waals surface area (Å²) in [4.78, 5) is 17.3. The molecule has 1 saturated heterocycles. The Hall–Kier alpha value is -2.59. The van der Waals surface area contributed by atoms with Crippen molar-refractivity contribution in [2.45, 2.75) is 19.9 Å². The summed E-state index contributed by atoms with van der Waals surface area (Å²) in [5.74, 6) is 0.487.